The lowest BCUT2D eigenvalue weighted by Gasteiger charge is -2.32. The lowest BCUT2D eigenvalue weighted by atomic mass is 10.1. The highest BCUT2D eigenvalue weighted by Gasteiger charge is 2.26. The average molecular weight is 417 g/mol. The van der Waals surface area contributed by atoms with E-state index in [1.807, 2.05) is 24.3 Å². The van der Waals surface area contributed by atoms with Crippen LogP contribution in [0.4, 0.5) is 0 Å². The molecule has 1 aliphatic rings. The molecule has 0 spiro atoms. The van der Waals surface area contributed by atoms with E-state index < -0.39 is 10.0 Å². The van der Waals surface area contributed by atoms with Crippen LogP contribution in [0.25, 0.3) is 0 Å². The third-order valence-electron chi connectivity index (χ3n) is 5.05. The van der Waals surface area contributed by atoms with Gasteiger partial charge in [0.1, 0.15) is 5.75 Å². The number of carbonyl (C=O) groups excluding carboxylic acids is 1. The number of hydrogen-bond acceptors (Lipinski definition) is 4. The normalized spacial score (nSPS) is 15.3. The molecule has 0 saturated carbocycles. The molecule has 156 valence electrons. The van der Waals surface area contributed by atoms with Crippen LogP contribution < -0.4 is 9.46 Å². The van der Waals surface area contributed by atoms with Crippen molar-refractivity contribution in [1.82, 2.24) is 9.62 Å². The Bertz CT molecular complexity index is 890. The van der Waals surface area contributed by atoms with E-state index >= 15 is 0 Å². The smallest absolute Gasteiger partial charge is 0.260 e. The van der Waals surface area contributed by atoms with Gasteiger partial charge < -0.3 is 9.64 Å². The maximum Gasteiger partial charge on any atom is 0.260 e. The highest BCUT2D eigenvalue weighted by molar-refractivity contribution is 7.89. The largest absolute Gasteiger partial charge is 0.484 e. The summed E-state index contributed by atoms with van der Waals surface area (Å²) in [5.74, 6) is 0.607. The van der Waals surface area contributed by atoms with Crippen LogP contribution in [0.1, 0.15) is 31.7 Å². The van der Waals surface area contributed by atoms with E-state index in [9.17, 15) is 13.2 Å². The lowest BCUT2D eigenvalue weighted by molar-refractivity contribution is -0.134. The van der Waals surface area contributed by atoms with Gasteiger partial charge in [-0.25, -0.2) is 13.1 Å². The summed E-state index contributed by atoms with van der Waals surface area (Å²) in [7, 11) is -3.53. The van der Waals surface area contributed by atoms with Gasteiger partial charge in [-0.1, -0.05) is 43.7 Å². The molecule has 1 amide bonds. The molecule has 7 heteroatoms. The number of rotatable bonds is 8. The van der Waals surface area contributed by atoms with Crippen LogP contribution in [-0.2, 0) is 21.2 Å². The first-order valence-corrected chi connectivity index (χ1v) is 11.5. The molecule has 0 bridgehead atoms. The summed E-state index contributed by atoms with van der Waals surface area (Å²) >= 11 is 0. The zero-order chi connectivity index (χ0) is 20.7. The van der Waals surface area contributed by atoms with Crippen molar-refractivity contribution in [2.45, 2.75) is 43.5 Å². The minimum Gasteiger partial charge on any atom is -0.484 e. The number of sulfonamides is 1. The van der Waals surface area contributed by atoms with Gasteiger partial charge in [0, 0.05) is 19.1 Å². The second-order valence-electron chi connectivity index (χ2n) is 7.27. The minimum absolute atomic E-state index is 0.00642. The molecule has 0 aromatic heterocycles. The number of carbonyl (C=O) groups is 1. The van der Waals surface area contributed by atoms with Crippen LogP contribution in [0.3, 0.4) is 0 Å². The number of amides is 1. The molecule has 1 aliphatic heterocycles. The third kappa shape index (κ3) is 6.05. The first-order valence-electron chi connectivity index (χ1n) is 10.0. The summed E-state index contributed by atoms with van der Waals surface area (Å²) < 4.78 is 33.2. The summed E-state index contributed by atoms with van der Waals surface area (Å²) in [5, 5.41) is 0. The Labute approximate surface area is 172 Å². The number of piperidine rings is 1. The number of likely N-dealkylation sites (tertiary alicyclic amines) is 1. The second-order valence-corrected chi connectivity index (χ2v) is 8.99. The molecule has 0 radical (unpaired) electrons. The second kappa shape index (κ2) is 9.89. The zero-order valence-corrected chi connectivity index (χ0v) is 17.5. The van der Waals surface area contributed by atoms with Crippen LogP contribution in [0, 0.1) is 0 Å². The molecule has 2 aromatic carbocycles. The van der Waals surface area contributed by atoms with Crippen LogP contribution in [0.2, 0.25) is 0 Å². The fourth-order valence-electron chi connectivity index (χ4n) is 3.41. The fourth-order valence-corrected chi connectivity index (χ4v) is 4.74. The molecular formula is C22H28N2O4S. The number of nitrogens with one attached hydrogen (secondary N) is 1. The predicted octanol–water partition coefficient (Wildman–Crippen LogP) is 2.99. The van der Waals surface area contributed by atoms with Gasteiger partial charge in [-0.3, -0.25) is 4.79 Å². The Balaban J connectivity index is 1.44. The van der Waals surface area contributed by atoms with Gasteiger partial charge in [0.05, 0.1) is 4.90 Å². The van der Waals surface area contributed by atoms with Crippen molar-refractivity contribution in [3.05, 3.63) is 60.2 Å². The van der Waals surface area contributed by atoms with Crippen molar-refractivity contribution in [2.75, 3.05) is 19.7 Å². The summed E-state index contributed by atoms with van der Waals surface area (Å²) in [5.41, 5.74) is 1.26. The summed E-state index contributed by atoms with van der Waals surface area (Å²) in [4.78, 5) is 14.4. The Hall–Kier alpha value is -2.38. The molecule has 1 saturated heterocycles. The van der Waals surface area contributed by atoms with Gasteiger partial charge in [-0.15, -0.1) is 0 Å². The molecule has 1 fully saturated rings. The molecule has 0 aliphatic carbocycles. The molecular weight excluding hydrogens is 388 g/mol. The van der Waals surface area contributed by atoms with Gasteiger partial charge in [0.25, 0.3) is 5.91 Å². The van der Waals surface area contributed by atoms with Crippen molar-refractivity contribution in [2.24, 2.45) is 0 Å². The Morgan fingerprint density at radius 3 is 2.34 bits per heavy atom. The Kier molecular flexibility index (Phi) is 7.28. The zero-order valence-electron chi connectivity index (χ0n) is 16.7. The van der Waals surface area contributed by atoms with Crippen molar-refractivity contribution < 1.29 is 17.9 Å². The standard InChI is InChI=1S/C22H28N2O4S/c1-2-6-18-9-11-20(12-10-18)28-17-22(25)24-15-13-19(14-16-24)23-29(26,27)21-7-4-3-5-8-21/h3-5,7-12,19,23H,2,6,13-17H2,1H3. The molecule has 6 nitrogen and oxygen atoms in total. The highest BCUT2D eigenvalue weighted by Crippen LogP contribution is 2.16. The van der Waals surface area contributed by atoms with Crippen molar-refractivity contribution in [3.8, 4) is 5.75 Å². The molecule has 1 heterocycles. The van der Waals surface area contributed by atoms with E-state index in [0.29, 0.717) is 31.7 Å². The van der Waals surface area contributed by atoms with E-state index in [1.165, 1.54) is 5.56 Å². The van der Waals surface area contributed by atoms with Gasteiger partial charge in [-0.2, -0.15) is 0 Å². The van der Waals surface area contributed by atoms with Gasteiger partial charge >= 0.3 is 0 Å². The summed E-state index contributed by atoms with van der Waals surface area (Å²) in [6, 6.07) is 16.0. The molecule has 0 unspecified atom stereocenters. The van der Waals surface area contributed by atoms with E-state index in [4.69, 9.17) is 4.74 Å². The molecule has 1 N–H and O–H groups in total. The molecule has 0 atom stereocenters. The van der Waals surface area contributed by atoms with Gasteiger partial charge in [0.2, 0.25) is 10.0 Å². The van der Waals surface area contributed by atoms with Gasteiger partial charge in [-0.05, 0) is 49.1 Å². The molecule has 3 rings (SSSR count). The summed E-state index contributed by atoms with van der Waals surface area (Å²) in [6.07, 6.45) is 3.30. The number of benzene rings is 2. The Morgan fingerprint density at radius 2 is 1.72 bits per heavy atom. The lowest BCUT2D eigenvalue weighted by Crippen LogP contribution is -2.47. The Morgan fingerprint density at radius 1 is 1.07 bits per heavy atom. The monoisotopic (exact) mass is 416 g/mol. The van der Waals surface area contributed by atoms with E-state index in [2.05, 4.69) is 11.6 Å². The predicted molar refractivity (Wildman–Crippen MR) is 112 cm³/mol. The first-order chi connectivity index (χ1) is 14.0. The molecule has 29 heavy (non-hydrogen) atoms. The minimum atomic E-state index is -3.53. The number of ether oxygens (including phenoxy) is 1. The molecule has 2 aromatic rings. The topological polar surface area (TPSA) is 75.7 Å². The third-order valence-corrected chi connectivity index (χ3v) is 6.58. The van der Waals surface area contributed by atoms with E-state index in [-0.39, 0.29) is 23.5 Å². The fraction of sp³-hybridized carbons (Fsp3) is 0.409. The maximum absolute atomic E-state index is 12.4. The van der Waals surface area contributed by atoms with Crippen LogP contribution in [0.5, 0.6) is 5.75 Å². The van der Waals surface area contributed by atoms with Crippen LogP contribution >= 0.6 is 0 Å². The SMILES string of the molecule is CCCc1ccc(OCC(=O)N2CCC(NS(=O)(=O)c3ccccc3)CC2)cc1. The van der Waals surface area contributed by atoms with Gasteiger partial charge in [0.15, 0.2) is 6.61 Å². The average Bonchev–Trinajstić information content (AvgIpc) is 2.74. The van der Waals surface area contributed by atoms with Crippen molar-refractivity contribution in [3.63, 3.8) is 0 Å². The van der Waals surface area contributed by atoms with E-state index in [0.717, 1.165) is 12.8 Å². The maximum atomic E-state index is 12.4. The van der Waals surface area contributed by atoms with Crippen molar-refractivity contribution >= 4 is 15.9 Å². The van der Waals surface area contributed by atoms with E-state index in [1.54, 1.807) is 35.2 Å². The first kappa shape index (κ1) is 21.3. The number of nitrogens with zero attached hydrogens (tertiary/aromatic N) is 1. The van der Waals surface area contributed by atoms with Crippen LogP contribution in [0.15, 0.2) is 59.5 Å². The number of hydrogen-bond donors (Lipinski definition) is 1. The summed E-state index contributed by atoms with van der Waals surface area (Å²) in [6.45, 7) is 3.16. The van der Waals surface area contributed by atoms with Crippen molar-refractivity contribution in [1.29, 1.82) is 0 Å². The van der Waals surface area contributed by atoms with Crippen LogP contribution in [-0.4, -0.2) is 45.0 Å². The highest BCUT2D eigenvalue weighted by atomic mass is 32.2. The number of aryl methyl sites for hydroxylation is 1. The quantitative estimate of drug-likeness (QED) is 0.718.